The Morgan fingerprint density at radius 1 is 1.00 bits per heavy atom. The topological polar surface area (TPSA) is 61.4 Å². The van der Waals surface area contributed by atoms with Crippen LogP contribution >= 0.6 is 0 Å². The molecule has 0 aromatic heterocycles. The van der Waals surface area contributed by atoms with Crippen LogP contribution in [-0.2, 0) is 17.9 Å². The Morgan fingerprint density at radius 3 is 2.33 bits per heavy atom. The third kappa shape index (κ3) is 6.70. The smallest absolute Gasteiger partial charge is 0.251 e. The summed E-state index contributed by atoms with van der Waals surface area (Å²) in [6, 6.07) is 17.2. The molecule has 2 aromatic carbocycles. The molecular formula is C25H33N3O2. The van der Waals surface area contributed by atoms with Crippen LogP contribution < -0.4 is 10.6 Å². The van der Waals surface area contributed by atoms with E-state index in [4.69, 9.17) is 0 Å². The molecule has 0 radical (unpaired) electrons. The SMILES string of the molecule is CC1CCN(Cc2ccccc2CNC(=O)CC(C)NC(=O)c2ccccc2)CC1. The van der Waals surface area contributed by atoms with E-state index in [1.807, 2.05) is 31.2 Å². The zero-order valence-electron chi connectivity index (χ0n) is 18.1. The van der Waals surface area contributed by atoms with Gasteiger partial charge in [0.2, 0.25) is 5.91 Å². The number of piperidine rings is 1. The summed E-state index contributed by atoms with van der Waals surface area (Å²) in [5.74, 6) is 0.606. The number of likely N-dealkylation sites (tertiary alicyclic amines) is 1. The van der Waals surface area contributed by atoms with Crippen molar-refractivity contribution in [2.45, 2.75) is 52.2 Å². The maximum Gasteiger partial charge on any atom is 0.251 e. The van der Waals surface area contributed by atoms with Crippen molar-refractivity contribution in [2.75, 3.05) is 13.1 Å². The molecule has 3 rings (SSSR count). The predicted octanol–water partition coefficient (Wildman–Crippen LogP) is 3.74. The first-order valence-electron chi connectivity index (χ1n) is 10.9. The second kappa shape index (κ2) is 10.9. The Labute approximate surface area is 179 Å². The number of hydrogen-bond acceptors (Lipinski definition) is 3. The Balaban J connectivity index is 1.47. The van der Waals surface area contributed by atoms with Gasteiger partial charge >= 0.3 is 0 Å². The number of benzene rings is 2. The summed E-state index contributed by atoms with van der Waals surface area (Å²) >= 11 is 0. The van der Waals surface area contributed by atoms with Gasteiger partial charge in [0.15, 0.2) is 0 Å². The largest absolute Gasteiger partial charge is 0.352 e. The highest BCUT2D eigenvalue weighted by Crippen LogP contribution is 2.19. The van der Waals surface area contributed by atoms with E-state index >= 15 is 0 Å². The van der Waals surface area contributed by atoms with E-state index in [9.17, 15) is 9.59 Å². The highest BCUT2D eigenvalue weighted by molar-refractivity contribution is 5.94. The standard InChI is InChI=1S/C25H33N3O2/c1-19-12-14-28(15-13-19)18-23-11-7-6-10-22(23)17-26-24(29)16-20(2)27-25(30)21-8-4-3-5-9-21/h3-11,19-20H,12-18H2,1-2H3,(H,26,29)(H,27,30). The van der Waals surface area contributed by atoms with Crippen molar-refractivity contribution in [3.63, 3.8) is 0 Å². The number of carbonyl (C=O) groups is 2. The first-order valence-corrected chi connectivity index (χ1v) is 10.9. The molecule has 160 valence electrons. The van der Waals surface area contributed by atoms with Gasteiger partial charge in [-0.3, -0.25) is 14.5 Å². The lowest BCUT2D eigenvalue weighted by Crippen LogP contribution is -2.37. The summed E-state index contributed by atoms with van der Waals surface area (Å²) in [5.41, 5.74) is 3.04. The summed E-state index contributed by atoms with van der Waals surface area (Å²) < 4.78 is 0. The van der Waals surface area contributed by atoms with E-state index in [1.54, 1.807) is 12.1 Å². The molecule has 30 heavy (non-hydrogen) atoms. The van der Waals surface area contributed by atoms with Crippen LogP contribution in [0.25, 0.3) is 0 Å². The lowest BCUT2D eigenvalue weighted by molar-refractivity contribution is -0.121. The van der Waals surface area contributed by atoms with Gasteiger partial charge in [-0.15, -0.1) is 0 Å². The summed E-state index contributed by atoms with van der Waals surface area (Å²) in [6.07, 6.45) is 2.77. The molecule has 2 N–H and O–H groups in total. The van der Waals surface area contributed by atoms with Gasteiger partial charge in [-0.25, -0.2) is 0 Å². The van der Waals surface area contributed by atoms with Crippen LogP contribution in [0, 0.1) is 5.92 Å². The molecule has 1 unspecified atom stereocenters. The average Bonchev–Trinajstić information content (AvgIpc) is 2.75. The molecule has 1 heterocycles. The second-order valence-corrected chi connectivity index (χ2v) is 8.45. The van der Waals surface area contributed by atoms with E-state index in [0.29, 0.717) is 12.1 Å². The molecule has 1 fully saturated rings. The van der Waals surface area contributed by atoms with Crippen LogP contribution in [0.2, 0.25) is 0 Å². The third-order valence-corrected chi connectivity index (χ3v) is 5.77. The van der Waals surface area contributed by atoms with E-state index in [-0.39, 0.29) is 24.3 Å². The van der Waals surface area contributed by atoms with Crippen molar-refractivity contribution in [1.29, 1.82) is 0 Å². The van der Waals surface area contributed by atoms with Crippen LogP contribution in [0.5, 0.6) is 0 Å². The van der Waals surface area contributed by atoms with E-state index in [2.05, 4.69) is 40.7 Å². The van der Waals surface area contributed by atoms with Gasteiger partial charge < -0.3 is 10.6 Å². The summed E-state index contributed by atoms with van der Waals surface area (Å²) in [4.78, 5) is 27.1. The van der Waals surface area contributed by atoms with E-state index in [1.165, 1.54) is 18.4 Å². The molecule has 1 saturated heterocycles. The maximum atomic E-state index is 12.4. The molecule has 5 nitrogen and oxygen atoms in total. The Hall–Kier alpha value is -2.66. The minimum atomic E-state index is -0.233. The molecule has 5 heteroatoms. The number of nitrogens with zero attached hydrogens (tertiary/aromatic N) is 1. The van der Waals surface area contributed by atoms with Gasteiger partial charge in [0.05, 0.1) is 0 Å². The number of rotatable bonds is 8. The van der Waals surface area contributed by atoms with Crippen LogP contribution in [0.4, 0.5) is 0 Å². The van der Waals surface area contributed by atoms with E-state index in [0.717, 1.165) is 31.1 Å². The van der Waals surface area contributed by atoms with Gasteiger partial charge in [-0.1, -0.05) is 49.4 Å². The van der Waals surface area contributed by atoms with Crippen LogP contribution in [0.15, 0.2) is 54.6 Å². The summed E-state index contributed by atoms with van der Waals surface area (Å²) in [5, 5.41) is 5.91. The molecule has 1 aliphatic heterocycles. The molecule has 2 aromatic rings. The maximum absolute atomic E-state index is 12.4. The van der Waals surface area contributed by atoms with Crippen molar-refractivity contribution < 1.29 is 9.59 Å². The summed E-state index contributed by atoms with van der Waals surface area (Å²) in [7, 11) is 0. The quantitative estimate of drug-likeness (QED) is 0.701. The first kappa shape index (κ1) is 22.0. The fraction of sp³-hybridized carbons (Fsp3) is 0.440. The van der Waals surface area contributed by atoms with Gasteiger partial charge in [-0.05, 0) is 62.0 Å². The van der Waals surface area contributed by atoms with Crippen molar-refractivity contribution in [3.05, 3.63) is 71.3 Å². The number of amides is 2. The van der Waals surface area contributed by atoms with Crippen LogP contribution in [-0.4, -0.2) is 35.8 Å². The molecule has 0 spiro atoms. The molecule has 0 saturated carbocycles. The number of nitrogens with one attached hydrogen (secondary N) is 2. The normalized spacial score (nSPS) is 16.1. The van der Waals surface area contributed by atoms with Crippen molar-refractivity contribution in [1.82, 2.24) is 15.5 Å². The molecule has 2 amide bonds. The predicted molar refractivity (Wildman–Crippen MR) is 120 cm³/mol. The van der Waals surface area contributed by atoms with Gasteiger partial charge in [0.1, 0.15) is 0 Å². The van der Waals surface area contributed by atoms with Gasteiger partial charge in [0, 0.05) is 31.1 Å². The fourth-order valence-corrected chi connectivity index (χ4v) is 3.84. The zero-order chi connectivity index (χ0) is 21.3. The van der Waals surface area contributed by atoms with Crippen LogP contribution in [0.1, 0.15) is 54.6 Å². The minimum absolute atomic E-state index is 0.0579. The van der Waals surface area contributed by atoms with Crippen molar-refractivity contribution in [3.8, 4) is 0 Å². The number of carbonyl (C=O) groups excluding carboxylic acids is 2. The van der Waals surface area contributed by atoms with Crippen molar-refractivity contribution in [2.24, 2.45) is 5.92 Å². The monoisotopic (exact) mass is 407 g/mol. The zero-order valence-corrected chi connectivity index (χ0v) is 18.1. The molecule has 0 aliphatic carbocycles. The lowest BCUT2D eigenvalue weighted by atomic mass is 9.98. The fourth-order valence-electron chi connectivity index (χ4n) is 3.84. The van der Waals surface area contributed by atoms with Crippen LogP contribution in [0.3, 0.4) is 0 Å². The first-order chi connectivity index (χ1) is 14.5. The third-order valence-electron chi connectivity index (χ3n) is 5.77. The molecule has 1 atom stereocenters. The Morgan fingerprint density at radius 2 is 1.63 bits per heavy atom. The van der Waals surface area contributed by atoms with E-state index < -0.39 is 0 Å². The Bertz CT molecular complexity index is 829. The molecule has 1 aliphatic rings. The average molecular weight is 408 g/mol. The highest BCUT2D eigenvalue weighted by atomic mass is 16.2. The minimum Gasteiger partial charge on any atom is -0.352 e. The van der Waals surface area contributed by atoms with Crippen molar-refractivity contribution >= 4 is 11.8 Å². The second-order valence-electron chi connectivity index (χ2n) is 8.45. The summed E-state index contributed by atoms with van der Waals surface area (Å²) in [6.45, 7) is 7.90. The van der Waals surface area contributed by atoms with Gasteiger partial charge in [-0.2, -0.15) is 0 Å². The molecular weight excluding hydrogens is 374 g/mol. The number of hydrogen-bond donors (Lipinski definition) is 2. The molecule has 0 bridgehead atoms. The lowest BCUT2D eigenvalue weighted by Gasteiger charge is -2.30. The highest BCUT2D eigenvalue weighted by Gasteiger charge is 2.17. The van der Waals surface area contributed by atoms with Gasteiger partial charge in [0.25, 0.3) is 5.91 Å². The Kier molecular flexibility index (Phi) is 8.03.